The summed E-state index contributed by atoms with van der Waals surface area (Å²) in [7, 11) is 0. The van der Waals surface area contributed by atoms with Crippen molar-refractivity contribution in [2.75, 3.05) is 11.4 Å². The van der Waals surface area contributed by atoms with Crippen LogP contribution >= 0.6 is 11.6 Å². The number of halogens is 1. The third-order valence-corrected chi connectivity index (χ3v) is 3.60. The van der Waals surface area contributed by atoms with E-state index in [1.54, 1.807) is 12.4 Å². The maximum Gasteiger partial charge on any atom is 0.225 e. The second kappa shape index (κ2) is 5.77. The molecule has 3 rings (SSSR count). The lowest BCUT2D eigenvalue weighted by Crippen LogP contribution is -2.32. The number of benzene rings is 1. The summed E-state index contributed by atoms with van der Waals surface area (Å²) in [4.78, 5) is 10.6. The summed E-state index contributed by atoms with van der Waals surface area (Å²) in [5.74, 6) is 0.631. The van der Waals surface area contributed by atoms with Crippen molar-refractivity contribution >= 4 is 17.5 Å². The molecule has 1 aliphatic carbocycles. The van der Waals surface area contributed by atoms with Gasteiger partial charge < -0.3 is 10.0 Å². The van der Waals surface area contributed by atoms with Gasteiger partial charge in [-0.25, -0.2) is 9.97 Å². The second-order valence-corrected chi connectivity index (χ2v) is 5.45. The highest BCUT2D eigenvalue weighted by molar-refractivity contribution is 6.30. The number of nitrogens with zero attached hydrogens (tertiary/aromatic N) is 3. The summed E-state index contributed by atoms with van der Waals surface area (Å²) in [6.07, 6.45) is 4.87. The maximum absolute atomic E-state index is 10.4. The average molecular weight is 290 g/mol. The van der Waals surface area contributed by atoms with Gasteiger partial charge >= 0.3 is 0 Å². The molecule has 20 heavy (non-hydrogen) atoms. The van der Waals surface area contributed by atoms with Gasteiger partial charge in [0.25, 0.3) is 0 Å². The first-order valence-corrected chi connectivity index (χ1v) is 7.09. The summed E-state index contributed by atoms with van der Waals surface area (Å²) in [6, 6.07) is 10.1. The number of anilines is 1. The molecule has 1 aliphatic rings. The van der Waals surface area contributed by atoms with E-state index >= 15 is 0 Å². The molecule has 5 heteroatoms. The van der Waals surface area contributed by atoms with Crippen LogP contribution in [0.1, 0.15) is 24.5 Å². The molecule has 1 heterocycles. The monoisotopic (exact) mass is 289 g/mol. The Kier molecular flexibility index (Phi) is 3.85. The molecule has 0 radical (unpaired) electrons. The SMILES string of the molecule is O[C@H](CN(c1ncc(Cl)cn1)C1CC1)c1ccccc1. The third-order valence-electron chi connectivity index (χ3n) is 3.41. The third kappa shape index (κ3) is 3.08. The number of aliphatic hydroxyl groups is 1. The van der Waals surface area contributed by atoms with E-state index in [4.69, 9.17) is 11.6 Å². The Bertz CT molecular complexity index is 557. The van der Waals surface area contributed by atoms with E-state index in [0.29, 0.717) is 23.6 Å². The molecule has 1 fully saturated rings. The molecular formula is C15H16ClN3O. The first-order valence-electron chi connectivity index (χ1n) is 6.71. The van der Waals surface area contributed by atoms with Gasteiger partial charge in [-0.05, 0) is 18.4 Å². The molecule has 1 atom stereocenters. The predicted molar refractivity (Wildman–Crippen MR) is 78.8 cm³/mol. The van der Waals surface area contributed by atoms with Gasteiger partial charge in [0, 0.05) is 6.04 Å². The van der Waals surface area contributed by atoms with Gasteiger partial charge in [0.2, 0.25) is 5.95 Å². The summed E-state index contributed by atoms with van der Waals surface area (Å²) < 4.78 is 0. The van der Waals surface area contributed by atoms with Crippen LogP contribution in [-0.2, 0) is 0 Å². The summed E-state index contributed by atoms with van der Waals surface area (Å²) >= 11 is 5.82. The minimum absolute atomic E-state index is 0.425. The summed E-state index contributed by atoms with van der Waals surface area (Å²) in [6.45, 7) is 0.496. The normalized spacial score (nSPS) is 15.9. The largest absolute Gasteiger partial charge is 0.387 e. The quantitative estimate of drug-likeness (QED) is 0.919. The van der Waals surface area contributed by atoms with Crippen LogP contribution in [0.3, 0.4) is 0 Å². The number of rotatable bonds is 5. The Hall–Kier alpha value is -1.65. The van der Waals surface area contributed by atoms with E-state index in [1.807, 2.05) is 30.3 Å². The maximum atomic E-state index is 10.4. The molecule has 2 aromatic rings. The molecule has 0 amide bonds. The van der Waals surface area contributed by atoms with Crippen molar-refractivity contribution in [2.45, 2.75) is 25.0 Å². The topological polar surface area (TPSA) is 49.2 Å². The fraction of sp³-hybridized carbons (Fsp3) is 0.333. The molecule has 1 N–H and O–H groups in total. The van der Waals surface area contributed by atoms with Crippen LogP contribution in [0, 0.1) is 0 Å². The fourth-order valence-corrected chi connectivity index (χ4v) is 2.30. The molecule has 1 aromatic carbocycles. The minimum atomic E-state index is -0.545. The van der Waals surface area contributed by atoms with Crippen molar-refractivity contribution in [3.8, 4) is 0 Å². The lowest BCUT2D eigenvalue weighted by molar-refractivity contribution is 0.182. The van der Waals surface area contributed by atoms with E-state index in [0.717, 1.165) is 18.4 Å². The van der Waals surface area contributed by atoms with Gasteiger partial charge in [-0.1, -0.05) is 41.9 Å². The Morgan fingerprint density at radius 2 is 1.85 bits per heavy atom. The standard InChI is InChI=1S/C15H16ClN3O/c16-12-8-17-15(18-9-12)19(13-6-7-13)10-14(20)11-4-2-1-3-5-11/h1-5,8-9,13-14,20H,6-7,10H2/t14-/m1/s1. The highest BCUT2D eigenvalue weighted by atomic mass is 35.5. The molecule has 1 saturated carbocycles. The van der Waals surface area contributed by atoms with Crippen molar-refractivity contribution in [3.63, 3.8) is 0 Å². The molecule has 0 aliphatic heterocycles. The van der Waals surface area contributed by atoms with Crippen molar-refractivity contribution in [3.05, 3.63) is 53.3 Å². The number of hydrogen-bond donors (Lipinski definition) is 1. The smallest absolute Gasteiger partial charge is 0.225 e. The van der Waals surface area contributed by atoms with Gasteiger partial charge in [0.15, 0.2) is 0 Å². The molecule has 4 nitrogen and oxygen atoms in total. The van der Waals surface area contributed by atoms with Crippen molar-refractivity contribution in [2.24, 2.45) is 0 Å². The Morgan fingerprint density at radius 3 is 2.45 bits per heavy atom. The van der Waals surface area contributed by atoms with Gasteiger partial charge in [0.05, 0.1) is 30.1 Å². The highest BCUT2D eigenvalue weighted by Gasteiger charge is 2.32. The van der Waals surface area contributed by atoms with Gasteiger partial charge in [-0.3, -0.25) is 0 Å². The molecule has 0 bridgehead atoms. The summed E-state index contributed by atoms with van der Waals surface area (Å²) in [5.41, 5.74) is 0.909. The van der Waals surface area contributed by atoms with E-state index < -0.39 is 6.10 Å². The average Bonchev–Trinajstić information content (AvgIpc) is 3.31. The molecule has 0 unspecified atom stereocenters. The Labute approximate surface area is 123 Å². The zero-order chi connectivity index (χ0) is 13.9. The minimum Gasteiger partial charge on any atom is -0.387 e. The zero-order valence-corrected chi connectivity index (χ0v) is 11.7. The number of aromatic nitrogens is 2. The van der Waals surface area contributed by atoms with Crippen LogP contribution in [0.5, 0.6) is 0 Å². The Morgan fingerprint density at radius 1 is 1.20 bits per heavy atom. The molecule has 104 valence electrons. The lowest BCUT2D eigenvalue weighted by atomic mass is 10.1. The van der Waals surface area contributed by atoms with Gasteiger partial charge in [0.1, 0.15) is 0 Å². The number of hydrogen-bond acceptors (Lipinski definition) is 4. The fourth-order valence-electron chi connectivity index (χ4n) is 2.20. The van der Waals surface area contributed by atoms with Crippen LogP contribution in [0.2, 0.25) is 5.02 Å². The van der Waals surface area contributed by atoms with Crippen LogP contribution in [0.25, 0.3) is 0 Å². The van der Waals surface area contributed by atoms with Crippen LogP contribution in [0.4, 0.5) is 5.95 Å². The second-order valence-electron chi connectivity index (χ2n) is 5.01. The van der Waals surface area contributed by atoms with Gasteiger partial charge in [-0.2, -0.15) is 0 Å². The van der Waals surface area contributed by atoms with Crippen LogP contribution < -0.4 is 4.90 Å². The van der Waals surface area contributed by atoms with Crippen molar-refractivity contribution in [1.82, 2.24) is 9.97 Å². The van der Waals surface area contributed by atoms with E-state index in [2.05, 4.69) is 14.9 Å². The molecular weight excluding hydrogens is 274 g/mol. The van der Waals surface area contributed by atoms with Crippen LogP contribution in [0.15, 0.2) is 42.7 Å². The molecule has 0 saturated heterocycles. The lowest BCUT2D eigenvalue weighted by Gasteiger charge is -2.25. The van der Waals surface area contributed by atoms with Crippen molar-refractivity contribution in [1.29, 1.82) is 0 Å². The van der Waals surface area contributed by atoms with Crippen molar-refractivity contribution < 1.29 is 5.11 Å². The van der Waals surface area contributed by atoms with E-state index in [-0.39, 0.29) is 0 Å². The van der Waals surface area contributed by atoms with E-state index in [9.17, 15) is 5.11 Å². The predicted octanol–water partition coefficient (Wildman–Crippen LogP) is 2.83. The zero-order valence-electron chi connectivity index (χ0n) is 11.0. The van der Waals surface area contributed by atoms with Gasteiger partial charge in [-0.15, -0.1) is 0 Å². The highest BCUT2D eigenvalue weighted by Crippen LogP contribution is 2.31. The molecule has 0 spiro atoms. The first-order chi connectivity index (χ1) is 9.74. The van der Waals surface area contributed by atoms with Crippen LogP contribution in [-0.4, -0.2) is 27.7 Å². The molecule has 1 aromatic heterocycles. The first kappa shape index (κ1) is 13.3. The summed E-state index contributed by atoms with van der Waals surface area (Å²) in [5, 5.41) is 10.9. The Balaban J connectivity index is 1.76. The number of aliphatic hydroxyl groups excluding tert-OH is 1. The van der Waals surface area contributed by atoms with E-state index in [1.165, 1.54) is 0 Å².